The third-order valence-corrected chi connectivity index (χ3v) is 7.76. The van der Waals surface area contributed by atoms with Gasteiger partial charge < -0.3 is 4.74 Å². The van der Waals surface area contributed by atoms with Crippen LogP contribution in [0.4, 0.5) is 0 Å². The summed E-state index contributed by atoms with van der Waals surface area (Å²) in [6.45, 7) is 3.06. The molecule has 5 nitrogen and oxygen atoms in total. The van der Waals surface area contributed by atoms with E-state index >= 15 is 0 Å². The molecule has 0 radical (unpaired) electrons. The van der Waals surface area contributed by atoms with Gasteiger partial charge in [0.1, 0.15) is 0 Å². The molecule has 208 valence electrons. The molecular weight excluding hydrogens is 504 g/mol. The summed E-state index contributed by atoms with van der Waals surface area (Å²) >= 11 is 0. The smallest absolute Gasteiger partial charge is 0.0912 e. The van der Waals surface area contributed by atoms with Gasteiger partial charge in [-0.15, -0.1) is 0 Å². The average Bonchev–Trinajstić information content (AvgIpc) is 3.96. The minimum absolute atomic E-state index is 0.313. The van der Waals surface area contributed by atoms with Crippen molar-refractivity contribution < 1.29 is 4.74 Å². The zero-order valence-electron chi connectivity index (χ0n) is 23.5. The third kappa shape index (κ3) is 7.92. The van der Waals surface area contributed by atoms with Crippen molar-refractivity contribution in [3.63, 3.8) is 0 Å². The maximum Gasteiger partial charge on any atom is 0.0912 e. The maximum atomic E-state index is 6.17. The van der Waals surface area contributed by atoms with Crippen LogP contribution in [0, 0.1) is 5.92 Å². The summed E-state index contributed by atoms with van der Waals surface area (Å²) in [6, 6.07) is 43.2. The lowest BCUT2D eigenvalue weighted by atomic mass is 9.95. The van der Waals surface area contributed by atoms with Crippen LogP contribution in [0.15, 0.2) is 132 Å². The van der Waals surface area contributed by atoms with E-state index in [0.717, 1.165) is 38.1 Å². The lowest BCUT2D eigenvalue weighted by Crippen LogP contribution is -2.15. The van der Waals surface area contributed by atoms with Gasteiger partial charge in [-0.2, -0.15) is 10.2 Å². The van der Waals surface area contributed by atoms with Gasteiger partial charge in [0.05, 0.1) is 44.1 Å². The summed E-state index contributed by atoms with van der Waals surface area (Å²) in [5, 5.41) is 14.4. The molecule has 2 heterocycles. The van der Waals surface area contributed by atoms with Crippen LogP contribution in [0.2, 0.25) is 0 Å². The van der Waals surface area contributed by atoms with Crippen molar-refractivity contribution in [2.75, 3.05) is 19.7 Å². The first-order valence-corrected chi connectivity index (χ1v) is 14.7. The number of hydrogen-bond donors (Lipinski definition) is 0. The molecule has 5 heteroatoms. The highest BCUT2D eigenvalue weighted by Crippen LogP contribution is 2.36. The monoisotopic (exact) mass is 542 g/mol. The highest BCUT2D eigenvalue weighted by Gasteiger charge is 2.35. The highest BCUT2D eigenvalue weighted by molar-refractivity contribution is 5.86. The molecule has 41 heavy (non-hydrogen) atoms. The van der Waals surface area contributed by atoms with E-state index in [4.69, 9.17) is 14.9 Å². The maximum absolute atomic E-state index is 6.17. The van der Waals surface area contributed by atoms with Crippen LogP contribution in [0.5, 0.6) is 0 Å². The Labute approximate surface area is 243 Å². The molecule has 6 rings (SSSR count). The predicted molar refractivity (Wildman–Crippen MR) is 167 cm³/mol. The van der Waals surface area contributed by atoms with E-state index in [1.54, 1.807) is 0 Å². The Balaban J connectivity index is 1.12. The molecule has 0 bridgehead atoms. The first-order chi connectivity index (χ1) is 20.3. The van der Waals surface area contributed by atoms with Crippen LogP contribution in [0.25, 0.3) is 0 Å². The molecule has 2 fully saturated rings. The fraction of sp³-hybridized carbons (Fsp3) is 0.278. The van der Waals surface area contributed by atoms with Crippen LogP contribution in [0.1, 0.15) is 47.2 Å². The van der Waals surface area contributed by atoms with Crippen molar-refractivity contribution in [1.29, 1.82) is 0 Å². The Morgan fingerprint density at radius 3 is 1.88 bits per heavy atom. The second kappa shape index (κ2) is 13.4. The fourth-order valence-electron chi connectivity index (χ4n) is 5.28. The van der Waals surface area contributed by atoms with Gasteiger partial charge in [-0.25, -0.2) is 0 Å². The molecule has 3 unspecified atom stereocenters. The van der Waals surface area contributed by atoms with Crippen molar-refractivity contribution in [3.05, 3.63) is 144 Å². The molecule has 0 spiro atoms. The van der Waals surface area contributed by atoms with Gasteiger partial charge in [0.15, 0.2) is 0 Å². The van der Waals surface area contributed by atoms with Gasteiger partial charge in [-0.1, -0.05) is 121 Å². The average molecular weight is 543 g/mol. The van der Waals surface area contributed by atoms with Gasteiger partial charge in [0, 0.05) is 12.1 Å². The molecule has 0 aliphatic carbocycles. The Morgan fingerprint density at radius 1 is 0.707 bits per heavy atom. The van der Waals surface area contributed by atoms with Crippen molar-refractivity contribution in [2.45, 2.75) is 38.0 Å². The normalized spacial score (nSPS) is 19.0. The summed E-state index contributed by atoms with van der Waals surface area (Å²) in [7, 11) is 0. The van der Waals surface area contributed by atoms with Gasteiger partial charge in [-0.3, -0.25) is 10.0 Å². The Morgan fingerprint density at radius 2 is 1.24 bits per heavy atom. The van der Waals surface area contributed by atoms with Gasteiger partial charge in [0.25, 0.3) is 0 Å². The topological polar surface area (TPSA) is 40.0 Å². The number of ether oxygens (including phenoxy) is 1. The van der Waals surface area contributed by atoms with Gasteiger partial charge in [0.2, 0.25) is 0 Å². The van der Waals surface area contributed by atoms with Crippen molar-refractivity contribution in [1.82, 2.24) is 10.0 Å². The minimum atomic E-state index is 0.313. The van der Waals surface area contributed by atoms with Crippen LogP contribution in [-0.2, 0) is 17.8 Å². The molecule has 0 saturated carbocycles. The van der Waals surface area contributed by atoms with Crippen LogP contribution >= 0.6 is 0 Å². The molecule has 4 aromatic carbocycles. The van der Waals surface area contributed by atoms with Crippen LogP contribution < -0.4 is 0 Å². The number of benzene rings is 4. The molecule has 2 saturated heterocycles. The number of nitrogens with zero attached hydrogens (tertiary/aromatic N) is 4. The van der Waals surface area contributed by atoms with Crippen LogP contribution in [0.3, 0.4) is 0 Å². The number of hydrogen-bond acceptors (Lipinski definition) is 5. The standard InChI is InChI=1S/C36H38N4O/c1-5-13-29(14-6-1)23-31(24-37-39-25-35(39)32-17-9-3-10-18-32)21-22-34(28-41-27-30-15-7-2-8-16-30)38-40-26-36(40)33-19-11-4-12-20-33/h1-20,24,31,35-36H,21-23,25-28H2/b37-24+,38-34+. The molecule has 3 atom stereocenters. The lowest BCUT2D eigenvalue weighted by Gasteiger charge is -2.15. The summed E-state index contributed by atoms with van der Waals surface area (Å²) in [4.78, 5) is 0. The Hall–Kier alpha value is -4.22. The number of rotatable bonds is 14. The molecule has 2 aliphatic heterocycles. The van der Waals surface area contributed by atoms with E-state index in [1.165, 1.54) is 22.3 Å². The van der Waals surface area contributed by atoms with E-state index in [9.17, 15) is 0 Å². The molecule has 2 aliphatic rings. The Kier molecular flexibility index (Phi) is 8.83. The third-order valence-electron chi connectivity index (χ3n) is 7.76. The zero-order chi connectivity index (χ0) is 27.7. The highest BCUT2D eigenvalue weighted by atomic mass is 16.5. The second-order valence-corrected chi connectivity index (χ2v) is 11.0. The second-order valence-electron chi connectivity index (χ2n) is 11.0. The summed E-state index contributed by atoms with van der Waals surface area (Å²) in [5.41, 5.74) is 6.27. The minimum Gasteiger partial charge on any atom is -0.371 e. The van der Waals surface area contributed by atoms with Crippen LogP contribution in [-0.4, -0.2) is 41.6 Å². The molecule has 0 aromatic heterocycles. The van der Waals surface area contributed by atoms with Gasteiger partial charge in [-0.05, 0) is 41.5 Å². The van der Waals surface area contributed by atoms with E-state index in [1.807, 2.05) is 6.07 Å². The lowest BCUT2D eigenvalue weighted by molar-refractivity contribution is 0.156. The number of hydrazone groups is 2. The van der Waals surface area contributed by atoms with Crippen molar-refractivity contribution in [3.8, 4) is 0 Å². The molecule has 4 aromatic rings. The summed E-state index contributed by atoms with van der Waals surface area (Å²) < 4.78 is 6.17. The largest absolute Gasteiger partial charge is 0.371 e. The first-order valence-electron chi connectivity index (χ1n) is 14.7. The molecular formula is C36H38N4O. The van der Waals surface area contributed by atoms with E-state index in [2.05, 4.69) is 131 Å². The Bertz CT molecular complexity index is 1410. The summed E-state index contributed by atoms with van der Waals surface area (Å²) in [5.74, 6) is 0.313. The fourth-order valence-corrected chi connectivity index (χ4v) is 5.28. The van der Waals surface area contributed by atoms with E-state index in [0.29, 0.717) is 31.2 Å². The molecule has 0 amide bonds. The SMILES string of the molecule is C(=N\N1CC1c1ccccc1)/C(CC/C(COCc1ccccc1)=N\N1CC1c1ccccc1)Cc1ccccc1. The van der Waals surface area contributed by atoms with E-state index in [-0.39, 0.29) is 0 Å². The van der Waals surface area contributed by atoms with Gasteiger partial charge >= 0.3 is 0 Å². The van der Waals surface area contributed by atoms with Crippen molar-refractivity contribution >= 4 is 11.9 Å². The quantitative estimate of drug-likeness (QED) is 0.124. The summed E-state index contributed by atoms with van der Waals surface area (Å²) in [6.07, 6.45) is 4.98. The first kappa shape index (κ1) is 27.0. The zero-order valence-corrected chi connectivity index (χ0v) is 23.5. The van der Waals surface area contributed by atoms with Crippen molar-refractivity contribution in [2.24, 2.45) is 16.1 Å². The predicted octanol–water partition coefficient (Wildman–Crippen LogP) is 7.30. The molecule has 0 N–H and O–H groups in total. The van der Waals surface area contributed by atoms with E-state index < -0.39 is 0 Å².